The lowest BCUT2D eigenvalue weighted by molar-refractivity contribution is -0.138. The molecule has 1 heterocycles. The molecule has 0 fully saturated rings. The van der Waals surface area contributed by atoms with Crippen molar-refractivity contribution in [1.29, 1.82) is 0 Å². The first kappa shape index (κ1) is 15.8. The number of hydrogen-bond donors (Lipinski definition) is 3. The van der Waals surface area contributed by atoms with E-state index in [4.69, 9.17) is 5.73 Å². The second kappa shape index (κ2) is 5.80. The first-order chi connectivity index (χ1) is 9.11. The monoisotopic (exact) mass is 293 g/mol. The van der Waals surface area contributed by atoms with Crippen LogP contribution < -0.4 is 11.1 Å². The lowest BCUT2D eigenvalue weighted by Crippen LogP contribution is -2.41. The van der Waals surface area contributed by atoms with Gasteiger partial charge in [0.05, 0.1) is 17.9 Å². The van der Waals surface area contributed by atoms with Gasteiger partial charge in [-0.25, -0.2) is 0 Å². The number of alkyl halides is 3. The predicted octanol–water partition coefficient (Wildman–Crippen LogP) is 0.0508. The van der Waals surface area contributed by atoms with Crippen LogP contribution in [-0.2, 0) is 4.79 Å². The molecule has 0 aliphatic carbocycles. The normalized spacial score (nSPS) is 11.2. The predicted molar refractivity (Wildman–Crippen MR) is 63.8 cm³/mol. The lowest BCUT2D eigenvalue weighted by atomic mass is 10.3. The Bertz CT molecular complexity index is 511. The number of aromatic nitrogens is 2. The number of nitrogens with one attached hydrogen (secondary N) is 2. The van der Waals surface area contributed by atoms with E-state index in [1.807, 2.05) is 0 Å². The van der Waals surface area contributed by atoms with E-state index in [-0.39, 0.29) is 11.4 Å². The molecule has 4 N–H and O–H groups in total. The SMILES string of the molecule is Cc1[nH]nc(C(=O)N(C)CC(=O)NCC(F)(F)F)c1N. The van der Waals surface area contributed by atoms with E-state index in [0.717, 1.165) is 4.90 Å². The van der Waals surface area contributed by atoms with E-state index in [2.05, 4.69) is 10.2 Å². The minimum absolute atomic E-state index is 0.0754. The fourth-order valence-corrected chi connectivity index (χ4v) is 1.32. The zero-order valence-electron chi connectivity index (χ0n) is 10.8. The maximum Gasteiger partial charge on any atom is 0.405 e. The van der Waals surface area contributed by atoms with Gasteiger partial charge in [0.2, 0.25) is 5.91 Å². The Balaban J connectivity index is 2.58. The standard InChI is InChI=1S/C10H14F3N5O2/c1-5-7(14)8(17-16-5)9(20)18(2)3-6(19)15-4-10(11,12)13/h3-4,14H2,1-2H3,(H,15,19)(H,16,17). The molecule has 0 bridgehead atoms. The highest BCUT2D eigenvalue weighted by atomic mass is 19.4. The van der Waals surface area contributed by atoms with Gasteiger partial charge in [-0.1, -0.05) is 0 Å². The smallest absolute Gasteiger partial charge is 0.395 e. The third kappa shape index (κ3) is 4.14. The number of nitrogen functional groups attached to an aromatic ring is 1. The largest absolute Gasteiger partial charge is 0.405 e. The molecule has 10 heteroatoms. The minimum Gasteiger partial charge on any atom is -0.395 e. The quantitative estimate of drug-likeness (QED) is 0.729. The molecule has 0 aliphatic rings. The van der Waals surface area contributed by atoms with Crippen LogP contribution in [-0.4, -0.2) is 53.2 Å². The van der Waals surface area contributed by atoms with Crippen LogP contribution >= 0.6 is 0 Å². The van der Waals surface area contributed by atoms with Gasteiger partial charge in [0.15, 0.2) is 5.69 Å². The third-order valence-electron chi connectivity index (χ3n) is 2.41. The Hall–Kier alpha value is -2.26. The van der Waals surface area contributed by atoms with Crippen LogP contribution in [0, 0.1) is 6.92 Å². The number of nitrogens with two attached hydrogens (primary N) is 1. The molecule has 1 aromatic rings. The van der Waals surface area contributed by atoms with Crippen molar-refractivity contribution in [2.45, 2.75) is 13.1 Å². The number of amides is 2. The fourth-order valence-electron chi connectivity index (χ4n) is 1.32. The number of aryl methyl sites for hydroxylation is 1. The van der Waals surface area contributed by atoms with Crippen LogP contribution in [0.2, 0.25) is 0 Å². The summed E-state index contributed by atoms with van der Waals surface area (Å²) in [5.41, 5.74) is 6.15. The Kier molecular flexibility index (Phi) is 4.58. The zero-order valence-corrected chi connectivity index (χ0v) is 10.8. The molecule has 1 aromatic heterocycles. The van der Waals surface area contributed by atoms with E-state index in [0.29, 0.717) is 5.69 Å². The molecular formula is C10H14F3N5O2. The first-order valence-electron chi connectivity index (χ1n) is 5.51. The van der Waals surface area contributed by atoms with Gasteiger partial charge in [0.25, 0.3) is 5.91 Å². The van der Waals surface area contributed by atoms with Gasteiger partial charge >= 0.3 is 6.18 Å². The first-order valence-corrected chi connectivity index (χ1v) is 5.51. The highest BCUT2D eigenvalue weighted by molar-refractivity contribution is 5.99. The number of rotatable bonds is 4. The van der Waals surface area contributed by atoms with Gasteiger partial charge in [-0.2, -0.15) is 18.3 Å². The van der Waals surface area contributed by atoms with Crippen LogP contribution in [0.3, 0.4) is 0 Å². The van der Waals surface area contributed by atoms with Crippen molar-refractivity contribution in [2.24, 2.45) is 0 Å². The highest BCUT2D eigenvalue weighted by Gasteiger charge is 2.28. The molecule has 0 radical (unpaired) electrons. The van der Waals surface area contributed by atoms with Gasteiger partial charge in [-0.3, -0.25) is 14.7 Å². The molecule has 0 saturated heterocycles. The van der Waals surface area contributed by atoms with E-state index in [1.54, 1.807) is 12.2 Å². The fraction of sp³-hybridized carbons (Fsp3) is 0.500. The van der Waals surface area contributed by atoms with Crippen LogP contribution in [0.4, 0.5) is 18.9 Å². The van der Waals surface area contributed by atoms with E-state index >= 15 is 0 Å². The van der Waals surface area contributed by atoms with Crippen molar-refractivity contribution in [1.82, 2.24) is 20.4 Å². The Morgan fingerprint density at radius 2 is 2.05 bits per heavy atom. The molecule has 1 rings (SSSR count). The summed E-state index contributed by atoms with van der Waals surface area (Å²) in [4.78, 5) is 24.1. The number of nitrogens with zero attached hydrogens (tertiary/aromatic N) is 2. The second-order valence-electron chi connectivity index (χ2n) is 4.16. The summed E-state index contributed by atoms with van der Waals surface area (Å²) < 4.78 is 35.7. The number of aromatic amines is 1. The molecule has 0 atom stereocenters. The number of carbonyl (C=O) groups is 2. The van der Waals surface area contributed by atoms with Crippen LogP contribution in [0.5, 0.6) is 0 Å². The summed E-state index contributed by atoms with van der Waals surface area (Å²) >= 11 is 0. The summed E-state index contributed by atoms with van der Waals surface area (Å²) in [5, 5.41) is 7.84. The summed E-state index contributed by atoms with van der Waals surface area (Å²) in [6.07, 6.45) is -4.50. The van der Waals surface area contributed by atoms with E-state index in [9.17, 15) is 22.8 Å². The van der Waals surface area contributed by atoms with Crippen LogP contribution in [0.25, 0.3) is 0 Å². The average molecular weight is 293 g/mol. The van der Waals surface area contributed by atoms with Crippen molar-refractivity contribution in [2.75, 3.05) is 25.9 Å². The van der Waals surface area contributed by atoms with Crippen molar-refractivity contribution >= 4 is 17.5 Å². The maximum atomic E-state index is 11.9. The summed E-state index contributed by atoms with van der Waals surface area (Å²) in [6.45, 7) is -0.368. The van der Waals surface area contributed by atoms with Crippen molar-refractivity contribution in [3.05, 3.63) is 11.4 Å². The van der Waals surface area contributed by atoms with Gasteiger partial charge in [0.1, 0.15) is 6.54 Å². The van der Waals surface area contributed by atoms with Crippen molar-refractivity contribution < 1.29 is 22.8 Å². The Labute approximate surface area is 112 Å². The van der Waals surface area contributed by atoms with E-state index in [1.165, 1.54) is 7.05 Å². The molecule has 0 spiro atoms. The minimum atomic E-state index is -4.50. The molecule has 20 heavy (non-hydrogen) atoms. The lowest BCUT2D eigenvalue weighted by Gasteiger charge is -2.16. The average Bonchev–Trinajstić information content (AvgIpc) is 2.66. The van der Waals surface area contributed by atoms with Crippen LogP contribution in [0.15, 0.2) is 0 Å². The zero-order chi connectivity index (χ0) is 15.5. The number of anilines is 1. The Morgan fingerprint density at radius 3 is 2.50 bits per heavy atom. The van der Waals surface area contributed by atoms with Gasteiger partial charge in [0, 0.05) is 7.05 Å². The maximum absolute atomic E-state index is 11.9. The Morgan fingerprint density at radius 1 is 1.45 bits per heavy atom. The van der Waals surface area contributed by atoms with E-state index < -0.39 is 31.1 Å². The number of H-pyrrole nitrogens is 1. The molecule has 0 saturated carbocycles. The molecular weight excluding hydrogens is 279 g/mol. The number of carbonyl (C=O) groups excluding carboxylic acids is 2. The third-order valence-corrected chi connectivity index (χ3v) is 2.41. The number of halogens is 3. The van der Waals surface area contributed by atoms with Gasteiger partial charge < -0.3 is 16.0 Å². The molecule has 0 aliphatic heterocycles. The molecule has 112 valence electrons. The van der Waals surface area contributed by atoms with Crippen molar-refractivity contribution in [3.63, 3.8) is 0 Å². The summed E-state index contributed by atoms with van der Waals surface area (Å²) in [7, 11) is 1.26. The number of likely N-dealkylation sites (N-methyl/N-ethyl adjacent to an activating group) is 1. The van der Waals surface area contributed by atoms with Gasteiger partial charge in [-0.15, -0.1) is 0 Å². The topological polar surface area (TPSA) is 104 Å². The molecule has 7 nitrogen and oxygen atoms in total. The molecule has 2 amide bonds. The number of hydrogen-bond acceptors (Lipinski definition) is 4. The molecule has 0 unspecified atom stereocenters. The summed E-state index contributed by atoms with van der Waals surface area (Å²) in [5.74, 6) is -1.59. The van der Waals surface area contributed by atoms with Gasteiger partial charge in [-0.05, 0) is 6.92 Å². The van der Waals surface area contributed by atoms with Crippen LogP contribution in [0.1, 0.15) is 16.2 Å². The second-order valence-corrected chi connectivity index (χ2v) is 4.16. The highest BCUT2D eigenvalue weighted by Crippen LogP contribution is 2.14. The van der Waals surface area contributed by atoms with Crippen molar-refractivity contribution in [3.8, 4) is 0 Å². The summed E-state index contributed by atoms with van der Waals surface area (Å²) in [6, 6.07) is 0. The molecule has 0 aromatic carbocycles.